The number of carbonyl (C=O) groups excluding carboxylic acids is 1. The molecule has 0 aliphatic rings. The maximum atomic E-state index is 13.1. The molecule has 0 spiro atoms. The lowest BCUT2D eigenvalue weighted by Gasteiger charge is -2.22. The second-order valence-electron chi connectivity index (χ2n) is 7.80. The maximum Gasteiger partial charge on any atom is 0.229 e. The minimum Gasteiger partial charge on any atom is -0.308 e. The number of thiazole rings is 1. The maximum absolute atomic E-state index is 13.1. The van der Waals surface area contributed by atoms with E-state index in [1.54, 1.807) is 4.90 Å². The molecule has 3 rings (SSSR count). The minimum absolute atomic E-state index is 0. The zero-order valence-electron chi connectivity index (χ0n) is 18.5. The second-order valence-corrected chi connectivity index (χ2v) is 10.9. The van der Waals surface area contributed by atoms with Crippen LogP contribution in [0.5, 0.6) is 0 Å². The van der Waals surface area contributed by atoms with E-state index in [9.17, 15) is 17.6 Å². The quantitative estimate of drug-likeness (QED) is 0.434. The van der Waals surface area contributed by atoms with Gasteiger partial charge in [-0.15, -0.1) is 12.4 Å². The Morgan fingerprint density at radius 1 is 1.09 bits per heavy atom. The molecule has 174 valence electrons. The molecule has 0 N–H and O–H groups in total. The molecule has 3 aromatic rings. The molecule has 1 heterocycles. The number of carbonyl (C=O) groups is 1. The summed E-state index contributed by atoms with van der Waals surface area (Å²) in [6, 6.07) is 8.70. The van der Waals surface area contributed by atoms with Gasteiger partial charge in [-0.2, -0.15) is 0 Å². The third-order valence-electron chi connectivity index (χ3n) is 4.87. The van der Waals surface area contributed by atoms with Crippen LogP contribution < -0.4 is 4.90 Å². The van der Waals surface area contributed by atoms with Crippen LogP contribution in [0.1, 0.15) is 17.5 Å². The topological polar surface area (TPSA) is 70.6 Å². The monoisotopic (exact) mass is 499 g/mol. The second kappa shape index (κ2) is 10.7. The molecule has 0 unspecified atom stereocenters. The Kier molecular flexibility index (Phi) is 8.75. The Labute approximate surface area is 198 Å². The number of amides is 1. The Morgan fingerprint density at radius 3 is 2.38 bits per heavy atom. The fourth-order valence-electron chi connectivity index (χ4n) is 3.22. The van der Waals surface area contributed by atoms with Crippen LogP contribution in [0.4, 0.5) is 9.52 Å². The Morgan fingerprint density at radius 2 is 1.75 bits per heavy atom. The average Bonchev–Trinajstić information content (AvgIpc) is 3.10. The number of aryl methyl sites for hydroxylation is 2. The zero-order valence-corrected chi connectivity index (χ0v) is 20.9. The third kappa shape index (κ3) is 6.25. The molecule has 10 heteroatoms. The largest absolute Gasteiger partial charge is 0.308 e. The van der Waals surface area contributed by atoms with Crippen molar-refractivity contribution < 1.29 is 17.6 Å². The Hall–Kier alpha value is -2.07. The molecule has 32 heavy (non-hydrogen) atoms. The number of sulfone groups is 1. The van der Waals surface area contributed by atoms with E-state index in [4.69, 9.17) is 0 Å². The van der Waals surface area contributed by atoms with Crippen LogP contribution in [-0.2, 0) is 14.6 Å². The lowest BCUT2D eigenvalue weighted by molar-refractivity contribution is -0.118. The number of likely N-dealkylation sites (N-methyl/N-ethyl adjacent to an activating group) is 1. The summed E-state index contributed by atoms with van der Waals surface area (Å²) in [6.45, 7) is 5.03. The molecule has 0 saturated heterocycles. The van der Waals surface area contributed by atoms with Crippen molar-refractivity contribution in [2.45, 2.75) is 25.2 Å². The van der Waals surface area contributed by atoms with Gasteiger partial charge in [0.2, 0.25) is 5.91 Å². The van der Waals surface area contributed by atoms with Crippen molar-refractivity contribution in [3.05, 3.63) is 53.3 Å². The molecule has 0 aliphatic carbocycles. The molecule has 1 aromatic heterocycles. The van der Waals surface area contributed by atoms with Gasteiger partial charge in [0.1, 0.15) is 5.82 Å². The van der Waals surface area contributed by atoms with E-state index in [1.807, 2.05) is 38.9 Å². The van der Waals surface area contributed by atoms with E-state index in [1.165, 1.54) is 23.5 Å². The highest BCUT2D eigenvalue weighted by Crippen LogP contribution is 2.32. The van der Waals surface area contributed by atoms with E-state index in [0.29, 0.717) is 18.2 Å². The number of benzene rings is 2. The van der Waals surface area contributed by atoms with Crippen LogP contribution in [0.15, 0.2) is 41.3 Å². The van der Waals surface area contributed by atoms with E-state index in [2.05, 4.69) is 11.1 Å². The number of aromatic nitrogens is 1. The number of hydrogen-bond donors (Lipinski definition) is 0. The van der Waals surface area contributed by atoms with Gasteiger partial charge >= 0.3 is 0 Å². The van der Waals surface area contributed by atoms with Crippen LogP contribution in [-0.4, -0.2) is 57.1 Å². The van der Waals surface area contributed by atoms with Crippen LogP contribution in [0.25, 0.3) is 10.2 Å². The van der Waals surface area contributed by atoms with E-state index < -0.39 is 15.7 Å². The standard InChI is InChI=1S/C22H26FN3O3S2.ClH/c1-15-13-16(2)21-19(14-15)24-22(30-21)26(11-10-25(3)4)20(27)9-12-31(28,29)18-7-5-17(23)6-8-18;/h5-8,13-14H,9-12H2,1-4H3;1H. The number of nitrogens with zero attached hydrogens (tertiary/aromatic N) is 3. The van der Waals surface area contributed by atoms with Crippen molar-refractivity contribution >= 4 is 54.8 Å². The summed E-state index contributed by atoms with van der Waals surface area (Å²) in [6.07, 6.45) is -0.179. The van der Waals surface area contributed by atoms with Crippen LogP contribution in [0, 0.1) is 19.7 Å². The highest BCUT2D eigenvalue weighted by molar-refractivity contribution is 7.91. The highest BCUT2D eigenvalue weighted by Gasteiger charge is 2.23. The van der Waals surface area contributed by atoms with Crippen LogP contribution in [0.3, 0.4) is 0 Å². The van der Waals surface area contributed by atoms with Gasteiger partial charge in [0, 0.05) is 19.5 Å². The molecule has 0 bridgehead atoms. The van der Waals surface area contributed by atoms with Crippen LogP contribution in [0.2, 0.25) is 0 Å². The molecular weight excluding hydrogens is 473 g/mol. The van der Waals surface area contributed by atoms with E-state index in [0.717, 1.165) is 33.5 Å². The summed E-state index contributed by atoms with van der Waals surface area (Å²) in [5.74, 6) is -1.16. The molecule has 0 saturated carbocycles. The predicted molar refractivity (Wildman–Crippen MR) is 130 cm³/mol. The first-order valence-corrected chi connectivity index (χ1v) is 12.3. The van der Waals surface area contributed by atoms with E-state index >= 15 is 0 Å². The minimum atomic E-state index is -3.70. The van der Waals surface area contributed by atoms with Crippen molar-refractivity contribution in [2.24, 2.45) is 0 Å². The normalized spacial score (nSPS) is 11.6. The summed E-state index contributed by atoms with van der Waals surface area (Å²) in [5.41, 5.74) is 3.02. The average molecular weight is 500 g/mol. The smallest absolute Gasteiger partial charge is 0.229 e. The van der Waals surface area contributed by atoms with Gasteiger partial charge in [-0.05, 0) is 69.4 Å². The number of fused-ring (bicyclic) bond motifs is 1. The van der Waals surface area contributed by atoms with Gasteiger partial charge in [0.05, 0.1) is 20.9 Å². The zero-order chi connectivity index (χ0) is 22.8. The summed E-state index contributed by atoms with van der Waals surface area (Å²) in [5, 5.41) is 0.565. The van der Waals surface area contributed by atoms with Gasteiger partial charge in [-0.1, -0.05) is 17.4 Å². The first-order valence-electron chi connectivity index (χ1n) is 9.88. The summed E-state index contributed by atoms with van der Waals surface area (Å²) >= 11 is 1.44. The summed E-state index contributed by atoms with van der Waals surface area (Å²) < 4.78 is 39.3. The number of hydrogen-bond acceptors (Lipinski definition) is 6. The Bertz CT molecular complexity index is 1200. The molecule has 1 amide bonds. The highest BCUT2D eigenvalue weighted by atomic mass is 35.5. The lowest BCUT2D eigenvalue weighted by atomic mass is 10.1. The van der Waals surface area contributed by atoms with Gasteiger partial charge in [0.15, 0.2) is 15.0 Å². The number of rotatable bonds is 8. The summed E-state index contributed by atoms with van der Waals surface area (Å²) in [7, 11) is 0.123. The van der Waals surface area contributed by atoms with Crippen molar-refractivity contribution in [2.75, 3.05) is 37.8 Å². The van der Waals surface area contributed by atoms with Gasteiger partial charge in [0.25, 0.3) is 0 Å². The fourth-order valence-corrected chi connectivity index (χ4v) is 5.51. The van der Waals surface area contributed by atoms with Crippen molar-refractivity contribution in [1.82, 2.24) is 9.88 Å². The third-order valence-corrected chi connectivity index (χ3v) is 7.83. The van der Waals surface area contributed by atoms with E-state index in [-0.39, 0.29) is 35.4 Å². The fraction of sp³-hybridized carbons (Fsp3) is 0.364. The molecule has 6 nitrogen and oxygen atoms in total. The number of halogens is 2. The first-order chi connectivity index (χ1) is 14.6. The molecule has 0 atom stereocenters. The van der Waals surface area contributed by atoms with Crippen molar-refractivity contribution in [1.29, 1.82) is 0 Å². The van der Waals surface area contributed by atoms with Crippen molar-refractivity contribution in [3.8, 4) is 0 Å². The van der Waals surface area contributed by atoms with Gasteiger partial charge in [-0.25, -0.2) is 17.8 Å². The lowest BCUT2D eigenvalue weighted by Crippen LogP contribution is -2.37. The predicted octanol–water partition coefficient (Wildman–Crippen LogP) is 4.23. The SMILES string of the molecule is Cc1cc(C)c2sc(N(CCN(C)C)C(=O)CCS(=O)(=O)c3ccc(F)cc3)nc2c1.Cl. The molecular formula is C22H27ClFN3O3S2. The number of anilines is 1. The molecule has 0 aliphatic heterocycles. The van der Waals surface area contributed by atoms with Gasteiger partial charge < -0.3 is 4.90 Å². The molecule has 2 aromatic carbocycles. The Balaban J connectivity index is 0.00000363. The molecule has 0 fully saturated rings. The first kappa shape index (κ1) is 26.2. The summed E-state index contributed by atoms with van der Waals surface area (Å²) in [4.78, 5) is 21.3. The van der Waals surface area contributed by atoms with Crippen molar-refractivity contribution in [3.63, 3.8) is 0 Å². The van der Waals surface area contributed by atoms with Gasteiger partial charge in [-0.3, -0.25) is 9.69 Å². The van der Waals surface area contributed by atoms with Crippen LogP contribution >= 0.6 is 23.7 Å². The molecule has 0 radical (unpaired) electrons.